The summed E-state index contributed by atoms with van der Waals surface area (Å²) in [6.45, 7) is 0.988. The minimum Gasteiger partial charge on any atom is -0.504 e. The summed E-state index contributed by atoms with van der Waals surface area (Å²) in [5.41, 5.74) is 2.37. The van der Waals surface area contributed by atoms with Crippen molar-refractivity contribution in [2.75, 3.05) is 6.54 Å². The first kappa shape index (κ1) is 19.9. The van der Waals surface area contributed by atoms with Gasteiger partial charge in [0, 0.05) is 6.42 Å². The number of aliphatic carboxylic acids is 1. The zero-order valence-electron chi connectivity index (χ0n) is 15.5. The largest absolute Gasteiger partial charge is 0.504 e. The molecule has 1 amide bonds. The molecule has 0 bridgehead atoms. The van der Waals surface area contributed by atoms with Gasteiger partial charge >= 0.3 is 5.97 Å². The topological polar surface area (TPSA) is 112 Å². The number of halogens is 1. The highest BCUT2D eigenvalue weighted by molar-refractivity contribution is 5.96. The minimum absolute atomic E-state index is 0.234. The van der Waals surface area contributed by atoms with Gasteiger partial charge in [-0.3, -0.25) is 9.59 Å². The first-order valence-electron chi connectivity index (χ1n) is 8.75. The van der Waals surface area contributed by atoms with Gasteiger partial charge in [0.15, 0.2) is 11.4 Å². The number of carbonyl (C=O) groups excluding carboxylic acids is 1. The molecule has 0 spiro atoms. The number of carbonyl (C=O) groups is 2. The number of hydrogen-bond acceptors (Lipinski definition) is 5. The van der Waals surface area contributed by atoms with Gasteiger partial charge in [-0.2, -0.15) is 0 Å². The molecule has 0 unspecified atom stereocenters. The van der Waals surface area contributed by atoms with E-state index in [9.17, 15) is 19.1 Å². The molecule has 0 saturated heterocycles. The number of hydrogen-bond donors (Lipinski definition) is 3. The van der Waals surface area contributed by atoms with E-state index in [0.717, 1.165) is 16.7 Å². The number of aromatic nitrogens is 2. The van der Waals surface area contributed by atoms with Crippen molar-refractivity contribution in [3.05, 3.63) is 77.1 Å². The van der Waals surface area contributed by atoms with E-state index in [1.54, 1.807) is 19.1 Å². The predicted octanol–water partition coefficient (Wildman–Crippen LogP) is 2.70. The van der Waals surface area contributed by atoms with Crippen LogP contribution in [-0.4, -0.2) is 38.6 Å². The predicted molar refractivity (Wildman–Crippen MR) is 103 cm³/mol. The fraction of sp³-hybridized carbons (Fsp3) is 0.143. The molecule has 3 N–H and O–H groups in total. The van der Waals surface area contributed by atoms with E-state index in [1.807, 2.05) is 24.3 Å². The SMILES string of the molecule is Cc1nc(Cc2ccc(-c3cccc(F)c3)cc2)c(O)c(C(=O)NCC(=O)O)n1. The number of nitrogens with zero attached hydrogens (tertiary/aromatic N) is 2. The average Bonchev–Trinajstić information content (AvgIpc) is 2.69. The second-order valence-corrected chi connectivity index (χ2v) is 6.38. The van der Waals surface area contributed by atoms with E-state index in [1.165, 1.54) is 12.1 Å². The molecule has 3 rings (SSSR count). The molecule has 8 heteroatoms. The van der Waals surface area contributed by atoms with Gasteiger partial charge < -0.3 is 15.5 Å². The van der Waals surface area contributed by atoms with Crippen LogP contribution in [0, 0.1) is 12.7 Å². The van der Waals surface area contributed by atoms with E-state index in [0.29, 0.717) is 0 Å². The van der Waals surface area contributed by atoms with Crippen LogP contribution in [0.5, 0.6) is 5.75 Å². The third-order valence-electron chi connectivity index (χ3n) is 4.17. The summed E-state index contributed by atoms with van der Waals surface area (Å²) in [4.78, 5) is 30.8. The Balaban J connectivity index is 1.82. The molecule has 7 nitrogen and oxygen atoms in total. The Labute approximate surface area is 165 Å². The van der Waals surface area contributed by atoms with Crippen LogP contribution >= 0.6 is 0 Å². The molecule has 0 saturated carbocycles. The Kier molecular flexibility index (Phi) is 5.82. The lowest BCUT2D eigenvalue weighted by Gasteiger charge is -2.10. The van der Waals surface area contributed by atoms with E-state index >= 15 is 0 Å². The van der Waals surface area contributed by atoms with Crippen LogP contribution in [-0.2, 0) is 11.2 Å². The van der Waals surface area contributed by atoms with E-state index in [4.69, 9.17) is 5.11 Å². The number of rotatable bonds is 6. The van der Waals surface area contributed by atoms with Gasteiger partial charge in [0.1, 0.15) is 18.2 Å². The van der Waals surface area contributed by atoms with Gasteiger partial charge in [-0.25, -0.2) is 14.4 Å². The van der Waals surface area contributed by atoms with Gasteiger partial charge in [-0.15, -0.1) is 0 Å². The van der Waals surface area contributed by atoms with Crippen LogP contribution in [0.15, 0.2) is 48.5 Å². The summed E-state index contributed by atoms with van der Waals surface area (Å²) < 4.78 is 13.4. The zero-order chi connectivity index (χ0) is 21.0. The van der Waals surface area contributed by atoms with Crippen molar-refractivity contribution in [1.29, 1.82) is 0 Å². The first-order valence-corrected chi connectivity index (χ1v) is 8.75. The molecular weight excluding hydrogens is 377 g/mol. The fourth-order valence-electron chi connectivity index (χ4n) is 2.82. The third kappa shape index (κ3) is 4.92. The van der Waals surface area contributed by atoms with Crippen molar-refractivity contribution >= 4 is 11.9 Å². The van der Waals surface area contributed by atoms with Crippen LogP contribution < -0.4 is 5.32 Å². The molecule has 3 aromatic rings. The van der Waals surface area contributed by atoms with Crippen molar-refractivity contribution in [3.8, 4) is 16.9 Å². The van der Waals surface area contributed by atoms with Crippen molar-refractivity contribution in [3.63, 3.8) is 0 Å². The lowest BCUT2D eigenvalue weighted by atomic mass is 10.0. The van der Waals surface area contributed by atoms with Gasteiger partial charge in [0.25, 0.3) is 5.91 Å². The van der Waals surface area contributed by atoms with E-state index < -0.39 is 24.2 Å². The Bertz CT molecular complexity index is 1070. The van der Waals surface area contributed by atoms with Gasteiger partial charge in [-0.1, -0.05) is 36.4 Å². The maximum atomic E-state index is 13.4. The van der Waals surface area contributed by atoms with E-state index in [2.05, 4.69) is 15.3 Å². The minimum atomic E-state index is -1.21. The summed E-state index contributed by atoms with van der Waals surface area (Å²) in [5.74, 6) is -2.44. The van der Waals surface area contributed by atoms with Gasteiger partial charge in [0.2, 0.25) is 0 Å². The van der Waals surface area contributed by atoms with Crippen LogP contribution in [0.3, 0.4) is 0 Å². The molecule has 1 aromatic heterocycles. The van der Waals surface area contributed by atoms with Crippen LogP contribution in [0.25, 0.3) is 11.1 Å². The summed E-state index contributed by atoms with van der Waals surface area (Å²) in [7, 11) is 0. The highest BCUT2D eigenvalue weighted by Crippen LogP contribution is 2.25. The maximum absolute atomic E-state index is 13.4. The maximum Gasteiger partial charge on any atom is 0.322 e. The Hall–Kier alpha value is -3.81. The van der Waals surface area contributed by atoms with E-state index in [-0.39, 0.29) is 29.5 Å². The lowest BCUT2D eigenvalue weighted by Crippen LogP contribution is -2.30. The molecule has 0 aliphatic rings. The Morgan fingerprint density at radius 1 is 1.07 bits per heavy atom. The number of nitrogens with one attached hydrogen (secondary N) is 1. The fourth-order valence-corrected chi connectivity index (χ4v) is 2.82. The van der Waals surface area contributed by atoms with Crippen molar-refractivity contribution in [1.82, 2.24) is 15.3 Å². The molecule has 1 heterocycles. The molecular formula is C21H18FN3O4. The molecule has 0 fully saturated rings. The molecule has 0 atom stereocenters. The summed E-state index contributed by atoms with van der Waals surface area (Å²) >= 11 is 0. The summed E-state index contributed by atoms with van der Waals surface area (Å²) in [6, 6.07) is 13.6. The zero-order valence-corrected chi connectivity index (χ0v) is 15.5. The molecule has 29 heavy (non-hydrogen) atoms. The monoisotopic (exact) mass is 395 g/mol. The molecule has 0 aliphatic heterocycles. The smallest absolute Gasteiger partial charge is 0.322 e. The highest BCUT2D eigenvalue weighted by Gasteiger charge is 2.19. The van der Waals surface area contributed by atoms with Crippen molar-refractivity contribution < 1.29 is 24.2 Å². The van der Waals surface area contributed by atoms with Crippen molar-refractivity contribution in [2.24, 2.45) is 0 Å². The Morgan fingerprint density at radius 2 is 1.79 bits per heavy atom. The lowest BCUT2D eigenvalue weighted by molar-refractivity contribution is -0.135. The van der Waals surface area contributed by atoms with Crippen LogP contribution in [0.1, 0.15) is 27.6 Å². The second-order valence-electron chi connectivity index (χ2n) is 6.38. The van der Waals surface area contributed by atoms with Gasteiger partial charge in [0.05, 0.1) is 5.69 Å². The first-order chi connectivity index (χ1) is 13.8. The Morgan fingerprint density at radius 3 is 2.45 bits per heavy atom. The normalized spacial score (nSPS) is 10.6. The quantitative estimate of drug-likeness (QED) is 0.592. The standard InChI is InChI=1S/C21H18FN3O4/c1-12-24-17(20(28)19(25-12)21(29)23-11-18(26)27)9-13-5-7-14(8-6-13)15-3-2-4-16(22)10-15/h2-8,10,28H,9,11H2,1H3,(H,23,29)(H,26,27). The molecule has 0 radical (unpaired) electrons. The number of carboxylic acids is 1. The average molecular weight is 395 g/mol. The molecule has 148 valence electrons. The number of benzene rings is 2. The van der Waals surface area contributed by atoms with Gasteiger partial charge in [-0.05, 0) is 35.7 Å². The third-order valence-corrected chi connectivity index (χ3v) is 4.17. The number of aromatic hydroxyl groups is 1. The number of aryl methyl sites for hydroxylation is 1. The number of amides is 1. The second kappa shape index (κ2) is 8.47. The van der Waals surface area contributed by atoms with Crippen LogP contribution in [0.4, 0.5) is 4.39 Å². The number of carboxylic acid groups (broad SMARTS) is 1. The van der Waals surface area contributed by atoms with Crippen molar-refractivity contribution in [2.45, 2.75) is 13.3 Å². The summed E-state index contributed by atoms with van der Waals surface area (Å²) in [6.07, 6.45) is 0.234. The van der Waals surface area contributed by atoms with Crippen LogP contribution in [0.2, 0.25) is 0 Å². The summed E-state index contributed by atoms with van der Waals surface area (Å²) in [5, 5.41) is 21.2. The molecule has 2 aromatic carbocycles. The highest BCUT2D eigenvalue weighted by atomic mass is 19.1. The molecule has 0 aliphatic carbocycles.